The molecule has 0 radical (unpaired) electrons. The predicted molar refractivity (Wildman–Crippen MR) is 175 cm³/mol. The van der Waals surface area contributed by atoms with Crippen molar-refractivity contribution < 1.29 is 28.5 Å². The first-order valence-electron chi connectivity index (χ1n) is 15.2. The number of anilines is 1. The number of morpholine rings is 1. The number of rotatable bonds is 11. The van der Waals surface area contributed by atoms with E-state index < -0.39 is 17.5 Å². The van der Waals surface area contributed by atoms with Gasteiger partial charge in [-0.15, -0.1) is 0 Å². The van der Waals surface area contributed by atoms with Crippen molar-refractivity contribution in [3.8, 4) is 22.6 Å². The maximum absolute atomic E-state index is 13.9. The van der Waals surface area contributed by atoms with Gasteiger partial charge in [0.05, 0.1) is 30.0 Å². The van der Waals surface area contributed by atoms with Crippen LogP contribution in [-0.4, -0.2) is 61.8 Å². The average molecular weight is 609 g/mol. The Kier molecular flexibility index (Phi) is 10.5. The smallest absolute Gasteiger partial charge is 0.340 e. The van der Waals surface area contributed by atoms with Crippen LogP contribution in [0.15, 0.2) is 97.1 Å². The summed E-state index contributed by atoms with van der Waals surface area (Å²) < 4.78 is 23.4. The number of amides is 1. The minimum absolute atomic E-state index is 0.257. The topological polar surface area (TPSA) is 86.3 Å². The normalized spacial score (nSPS) is 13.6. The zero-order chi connectivity index (χ0) is 31.6. The molecule has 4 aromatic carbocycles. The second-order valence-corrected chi connectivity index (χ2v) is 11.8. The third kappa shape index (κ3) is 9.17. The first kappa shape index (κ1) is 31.8. The minimum Gasteiger partial charge on any atom is -0.492 e. The Morgan fingerprint density at radius 1 is 0.800 bits per heavy atom. The molecule has 45 heavy (non-hydrogen) atoms. The summed E-state index contributed by atoms with van der Waals surface area (Å²) in [5, 5.41) is 2.97. The van der Waals surface area contributed by atoms with Crippen LogP contribution in [0.2, 0.25) is 0 Å². The molecule has 1 heterocycles. The molecule has 0 bridgehead atoms. The Labute approximate surface area is 264 Å². The quantitative estimate of drug-likeness (QED) is 0.186. The average Bonchev–Trinajstić information content (AvgIpc) is 3.04. The van der Waals surface area contributed by atoms with Gasteiger partial charge in [-0.25, -0.2) is 4.79 Å². The van der Waals surface area contributed by atoms with Gasteiger partial charge >= 0.3 is 5.97 Å². The molecule has 0 aliphatic carbocycles. The van der Waals surface area contributed by atoms with Crippen molar-refractivity contribution in [2.45, 2.75) is 33.0 Å². The van der Waals surface area contributed by atoms with E-state index in [0.717, 1.165) is 49.5 Å². The molecule has 1 saturated heterocycles. The van der Waals surface area contributed by atoms with Gasteiger partial charge in [-0.2, -0.15) is 0 Å². The monoisotopic (exact) mass is 608 g/mol. The van der Waals surface area contributed by atoms with Crippen LogP contribution < -0.4 is 14.8 Å². The SMILES string of the molecule is CC(C)(C)OC(=O)c1ccc(-c2ccccc2)cc1NC(=O)c1ccc(OCCN2CCOCC2)cc1OCc1ccccc1. The number of hydrogen-bond acceptors (Lipinski definition) is 7. The van der Waals surface area contributed by atoms with Crippen LogP contribution in [-0.2, 0) is 16.1 Å². The summed E-state index contributed by atoms with van der Waals surface area (Å²) in [5.74, 6) is 0.0246. The number of nitrogens with one attached hydrogen (secondary N) is 1. The van der Waals surface area contributed by atoms with Crippen LogP contribution in [0.1, 0.15) is 47.1 Å². The lowest BCUT2D eigenvalue weighted by Gasteiger charge is -2.26. The van der Waals surface area contributed by atoms with E-state index in [2.05, 4.69) is 10.2 Å². The van der Waals surface area contributed by atoms with E-state index in [1.54, 1.807) is 30.3 Å². The highest BCUT2D eigenvalue weighted by Crippen LogP contribution is 2.31. The van der Waals surface area contributed by atoms with E-state index in [1.807, 2.05) is 87.5 Å². The number of hydrogen-bond donors (Lipinski definition) is 1. The molecule has 1 N–H and O–H groups in total. The summed E-state index contributed by atoms with van der Waals surface area (Å²) in [6.45, 7) is 10.2. The van der Waals surface area contributed by atoms with Gasteiger partial charge in [0.1, 0.15) is 30.3 Å². The van der Waals surface area contributed by atoms with Gasteiger partial charge in [-0.05, 0) is 61.7 Å². The van der Waals surface area contributed by atoms with E-state index in [9.17, 15) is 9.59 Å². The molecule has 0 unspecified atom stereocenters. The van der Waals surface area contributed by atoms with Crippen LogP contribution in [0.5, 0.6) is 11.5 Å². The molecular formula is C37H40N2O6. The molecule has 5 rings (SSSR count). The summed E-state index contributed by atoms with van der Waals surface area (Å²) in [6.07, 6.45) is 0. The fourth-order valence-electron chi connectivity index (χ4n) is 4.91. The molecule has 0 atom stereocenters. The molecule has 0 saturated carbocycles. The summed E-state index contributed by atoms with van der Waals surface area (Å²) in [5.41, 5.74) is 2.98. The van der Waals surface area contributed by atoms with Crippen molar-refractivity contribution >= 4 is 17.6 Å². The molecule has 8 nitrogen and oxygen atoms in total. The molecule has 1 amide bonds. The Bertz CT molecular complexity index is 1580. The molecule has 1 aliphatic heterocycles. The molecule has 234 valence electrons. The highest BCUT2D eigenvalue weighted by molar-refractivity contribution is 6.10. The number of carbonyl (C=O) groups is 2. The predicted octanol–water partition coefficient (Wildman–Crippen LogP) is 6.85. The van der Waals surface area contributed by atoms with E-state index in [-0.39, 0.29) is 12.2 Å². The maximum Gasteiger partial charge on any atom is 0.340 e. The lowest BCUT2D eigenvalue weighted by molar-refractivity contribution is 0.00707. The Hall–Kier alpha value is -4.66. The molecule has 1 aliphatic rings. The lowest BCUT2D eigenvalue weighted by Crippen LogP contribution is -2.38. The van der Waals surface area contributed by atoms with E-state index in [4.69, 9.17) is 18.9 Å². The van der Waals surface area contributed by atoms with Crippen LogP contribution in [0.4, 0.5) is 5.69 Å². The minimum atomic E-state index is -0.702. The van der Waals surface area contributed by atoms with Crippen molar-refractivity contribution in [3.05, 3.63) is 114 Å². The van der Waals surface area contributed by atoms with Gasteiger partial charge in [0.25, 0.3) is 5.91 Å². The van der Waals surface area contributed by atoms with Crippen LogP contribution in [0.25, 0.3) is 11.1 Å². The molecule has 0 spiro atoms. The third-order valence-corrected chi connectivity index (χ3v) is 7.21. The first-order chi connectivity index (χ1) is 21.7. The Morgan fingerprint density at radius 3 is 2.20 bits per heavy atom. The Morgan fingerprint density at radius 2 is 1.49 bits per heavy atom. The largest absolute Gasteiger partial charge is 0.492 e. The second-order valence-electron chi connectivity index (χ2n) is 11.8. The van der Waals surface area contributed by atoms with Crippen molar-refractivity contribution in [2.75, 3.05) is 44.8 Å². The summed E-state index contributed by atoms with van der Waals surface area (Å²) in [4.78, 5) is 29.4. The number of nitrogens with zero attached hydrogens (tertiary/aromatic N) is 1. The van der Waals surface area contributed by atoms with Gasteiger partial charge in [0, 0.05) is 25.7 Å². The van der Waals surface area contributed by atoms with Crippen molar-refractivity contribution in [1.29, 1.82) is 0 Å². The van der Waals surface area contributed by atoms with Crippen molar-refractivity contribution in [1.82, 2.24) is 4.90 Å². The maximum atomic E-state index is 13.9. The molecule has 1 fully saturated rings. The highest BCUT2D eigenvalue weighted by Gasteiger charge is 2.23. The molecule has 4 aromatic rings. The number of ether oxygens (including phenoxy) is 4. The molecular weight excluding hydrogens is 568 g/mol. The van der Waals surface area contributed by atoms with Gasteiger partial charge in [0.15, 0.2) is 0 Å². The zero-order valence-electron chi connectivity index (χ0n) is 26.1. The molecule has 8 heteroatoms. The van der Waals surface area contributed by atoms with E-state index >= 15 is 0 Å². The highest BCUT2D eigenvalue weighted by atomic mass is 16.6. The standard InChI is InChI=1S/C37H40N2O6/c1-37(2,3)45-36(41)31-16-14-29(28-12-8-5-9-13-28)24-33(31)38-35(40)32-17-15-30(43-23-20-39-18-21-42-22-19-39)25-34(32)44-26-27-10-6-4-7-11-27/h4-17,24-25H,18-23,26H2,1-3H3,(H,38,40). The number of esters is 1. The van der Waals surface area contributed by atoms with Crippen LogP contribution in [0, 0.1) is 0 Å². The van der Waals surface area contributed by atoms with Gasteiger partial charge in [0.2, 0.25) is 0 Å². The number of carbonyl (C=O) groups excluding carboxylic acids is 2. The summed E-state index contributed by atoms with van der Waals surface area (Å²) in [6, 6.07) is 30.0. The van der Waals surface area contributed by atoms with E-state index in [1.165, 1.54) is 0 Å². The van der Waals surface area contributed by atoms with Crippen LogP contribution >= 0.6 is 0 Å². The van der Waals surface area contributed by atoms with Crippen molar-refractivity contribution in [2.24, 2.45) is 0 Å². The number of benzene rings is 4. The van der Waals surface area contributed by atoms with Gasteiger partial charge in [-0.3, -0.25) is 9.69 Å². The zero-order valence-corrected chi connectivity index (χ0v) is 26.1. The van der Waals surface area contributed by atoms with Crippen molar-refractivity contribution in [3.63, 3.8) is 0 Å². The Balaban J connectivity index is 1.41. The summed E-state index contributed by atoms with van der Waals surface area (Å²) >= 11 is 0. The lowest BCUT2D eigenvalue weighted by atomic mass is 10.0. The fourth-order valence-corrected chi connectivity index (χ4v) is 4.91. The third-order valence-electron chi connectivity index (χ3n) is 7.21. The fraction of sp³-hybridized carbons (Fsp3) is 0.297. The van der Waals surface area contributed by atoms with E-state index in [0.29, 0.717) is 29.4 Å². The summed E-state index contributed by atoms with van der Waals surface area (Å²) in [7, 11) is 0. The van der Waals surface area contributed by atoms with Crippen LogP contribution in [0.3, 0.4) is 0 Å². The first-order valence-corrected chi connectivity index (χ1v) is 15.2. The van der Waals surface area contributed by atoms with Gasteiger partial charge < -0.3 is 24.3 Å². The molecule has 0 aromatic heterocycles. The van der Waals surface area contributed by atoms with Gasteiger partial charge in [-0.1, -0.05) is 66.7 Å². The second kappa shape index (κ2) is 14.9.